The molecule has 0 aliphatic heterocycles. The molecule has 2 N–H and O–H groups in total. The van der Waals surface area contributed by atoms with E-state index in [0.29, 0.717) is 6.04 Å². The van der Waals surface area contributed by atoms with Gasteiger partial charge in [0.1, 0.15) is 0 Å². The molecule has 0 bridgehead atoms. The first-order chi connectivity index (χ1) is 10.3. The van der Waals surface area contributed by atoms with E-state index in [9.17, 15) is 9.59 Å². The van der Waals surface area contributed by atoms with Gasteiger partial charge in [-0.05, 0) is 26.0 Å². The van der Waals surface area contributed by atoms with E-state index in [1.54, 1.807) is 6.92 Å². The molecule has 0 spiro atoms. The van der Waals surface area contributed by atoms with Gasteiger partial charge in [0.05, 0.1) is 6.61 Å². The summed E-state index contributed by atoms with van der Waals surface area (Å²) in [6.07, 6.45) is 2.40. The minimum Gasteiger partial charge on any atom is -0.377 e. The van der Waals surface area contributed by atoms with E-state index >= 15 is 0 Å². The van der Waals surface area contributed by atoms with Crippen LogP contribution in [0, 0.1) is 0 Å². The maximum atomic E-state index is 11.3. The van der Waals surface area contributed by atoms with Crippen LogP contribution in [-0.4, -0.2) is 53.5 Å². The Labute approximate surface area is 133 Å². The van der Waals surface area contributed by atoms with Crippen molar-refractivity contribution < 1.29 is 22.9 Å². The lowest BCUT2D eigenvalue weighted by molar-refractivity contribution is -0.118. The van der Waals surface area contributed by atoms with Crippen LogP contribution < -0.4 is 10.6 Å². The molecular weight excluding hydrogens is 304 g/mol. The predicted octanol–water partition coefficient (Wildman–Crippen LogP) is 0.616. The Kier molecular flexibility index (Phi) is 9.58. The number of hydrogen-bond acceptors (Lipinski definition) is 5. The van der Waals surface area contributed by atoms with Crippen LogP contribution in [-0.2, 0) is 22.9 Å². The predicted molar refractivity (Wildman–Crippen MR) is 86.1 cm³/mol. The summed E-state index contributed by atoms with van der Waals surface area (Å²) in [5, 5.41) is 5.43. The van der Waals surface area contributed by atoms with Crippen molar-refractivity contribution in [1.82, 2.24) is 10.6 Å². The highest BCUT2D eigenvalue weighted by molar-refractivity contribution is 6.60. The maximum Gasteiger partial charge on any atom is 0.502 e. The largest absolute Gasteiger partial charge is 0.502 e. The highest BCUT2D eigenvalue weighted by atomic mass is 28.4. The van der Waals surface area contributed by atoms with Crippen molar-refractivity contribution in [3.05, 3.63) is 25.3 Å². The Morgan fingerprint density at radius 1 is 1.05 bits per heavy atom. The van der Waals surface area contributed by atoms with E-state index < -0.39 is 8.80 Å². The van der Waals surface area contributed by atoms with Gasteiger partial charge in [-0.15, -0.1) is 0 Å². The highest BCUT2D eigenvalue weighted by Gasteiger charge is 2.41. The summed E-state index contributed by atoms with van der Waals surface area (Å²) >= 11 is 0. The Balaban J connectivity index is 4.60. The molecule has 0 aromatic rings. The Hall–Kier alpha value is -1.48. The topological polar surface area (TPSA) is 85.9 Å². The second kappa shape index (κ2) is 10.3. The first kappa shape index (κ1) is 20.5. The second-order valence-corrected chi connectivity index (χ2v) is 7.71. The van der Waals surface area contributed by atoms with Gasteiger partial charge in [-0.25, -0.2) is 0 Å². The average Bonchev–Trinajstić information content (AvgIpc) is 2.51. The standard InChI is InChI=1S/C14H26N2O5Si/c1-7-13(17)15-11(3)9-21-22(19-5,20-6)10-12(4)16-14(18)8-2/h7-8,11-12H,1-2,9-10H2,3-6H3,(H,15,17)(H,16,18). The molecule has 0 aliphatic rings. The number of nitrogens with one attached hydrogen (secondary N) is 2. The summed E-state index contributed by atoms with van der Waals surface area (Å²) in [7, 11) is 0.0732. The van der Waals surface area contributed by atoms with Crippen LogP contribution in [0.25, 0.3) is 0 Å². The van der Waals surface area contributed by atoms with Gasteiger partial charge in [-0.3, -0.25) is 9.59 Å². The number of carbonyl (C=O) groups is 2. The molecule has 0 heterocycles. The Morgan fingerprint density at radius 3 is 1.91 bits per heavy atom. The normalized spacial score (nSPS) is 13.8. The smallest absolute Gasteiger partial charge is 0.377 e. The van der Waals surface area contributed by atoms with E-state index in [1.807, 2.05) is 6.92 Å². The van der Waals surface area contributed by atoms with Crippen molar-refractivity contribution in [3.8, 4) is 0 Å². The molecule has 0 aromatic heterocycles. The molecule has 22 heavy (non-hydrogen) atoms. The lowest BCUT2D eigenvalue weighted by Crippen LogP contribution is -2.51. The van der Waals surface area contributed by atoms with Gasteiger partial charge in [0, 0.05) is 32.3 Å². The first-order valence-corrected chi connectivity index (χ1v) is 8.85. The molecule has 0 rings (SSSR count). The third-order valence-corrected chi connectivity index (χ3v) is 5.84. The highest BCUT2D eigenvalue weighted by Crippen LogP contribution is 2.16. The number of hydrogen-bond donors (Lipinski definition) is 2. The molecule has 7 nitrogen and oxygen atoms in total. The van der Waals surface area contributed by atoms with Gasteiger partial charge in [0.15, 0.2) is 0 Å². The lowest BCUT2D eigenvalue weighted by atomic mass is 10.3. The minimum atomic E-state index is -2.94. The third kappa shape index (κ3) is 7.50. The summed E-state index contributed by atoms with van der Waals surface area (Å²) in [5.74, 6) is -0.543. The van der Waals surface area contributed by atoms with E-state index in [-0.39, 0.29) is 30.5 Å². The molecule has 0 fully saturated rings. The molecule has 0 aliphatic carbocycles. The van der Waals surface area contributed by atoms with Crippen LogP contribution in [0.5, 0.6) is 0 Å². The molecule has 0 aromatic carbocycles. The van der Waals surface area contributed by atoms with Crippen molar-refractivity contribution in [2.24, 2.45) is 0 Å². The number of carbonyl (C=O) groups excluding carboxylic acids is 2. The van der Waals surface area contributed by atoms with Gasteiger partial charge >= 0.3 is 8.80 Å². The van der Waals surface area contributed by atoms with Crippen molar-refractivity contribution >= 4 is 20.6 Å². The monoisotopic (exact) mass is 330 g/mol. The van der Waals surface area contributed by atoms with Gasteiger partial charge in [0.25, 0.3) is 0 Å². The lowest BCUT2D eigenvalue weighted by Gasteiger charge is -2.30. The molecule has 126 valence electrons. The van der Waals surface area contributed by atoms with Crippen LogP contribution in [0.2, 0.25) is 6.04 Å². The van der Waals surface area contributed by atoms with Crippen LogP contribution in [0.15, 0.2) is 25.3 Å². The fourth-order valence-corrected chi connectivity index (χ4v) is 3.96. The number of amides is 2. The molecule has 2 atom stereocenters. The fraction of sp³-hybridized carbons (Fsp3) is 0.571. The quantitative estimate of drug-likeness (QED) is 0.428. The molecular formula is C14H26N2O5Si. The molecule has 2 amide bonds. The van der Waals surface area contributed by atoms with E-state index in [4.69, 9.17) is 13.3 Å². The van der Waals surface area contributed by atoms with Crippen molar-refractivity contribution in [2.45, 2.75) is 32.0 Å². The van der Waals surface area contributed by atoms with Gasteiger partial charge in [-0.2, -0.15) is 0 Å². The molecule has 8 heteroatoms. The van der Waals surface area contributed by atoms with E-state index in [2.05, 4.69) is 23.8 Å². The van der Waals surface area contributed by atoms with E-state index in [0.717, 1.165) is 0 Å². The summed E-state index contributed by atoms with van der Waals surface area (Å²) in [6, 6.07) is -0.0160. The van der Waals surface area contributed by atoms with Gasteiger partial charge < -0.3 is 23.9 Å². The van der Waals surface area contributed by atoms with Crippen molar-refractivity contribution in [2.75, 3.05) is 20.8 Å². The average molecular weight is 330 g/mol. The number of rotatable bonds is 11. The van der Waals surface area contributed by atoms with Crippen LogP contribution in [0.3, 0.4) is 0 Å². The summed E-state index contributed by atoms with van der Waals surface area (Å²) in [4.78, 5) is 22.5. The fourth-order valence-electron chi connectivity index (χ4n) is 1.75. The second-order valence-electron chi connectivity index (χ2n) is 4.83. The minimum absolute atomic E-state index is 0.199. The SMILES string of the molecule is C=CC(=O)NC(C)CO[Si](CC(C)NC(=O)C=C)(OC)OC. The first-order valence-electron chi connectivity index (χ1n) is 6.92. The maximum absolute atomic E-state index is 11.3. The Morgan fingerprint density at radius 2 is 1.50 bits per heavy atom. The van der Waals surface area contributed by atoms with Gasteiger partial charge in [0.2, 0.25) is 11.8 Å². The van der Waals surface area contributed by atoms with Crippen molar-refractivity contribution in [1.29, 1.82) is 0 Å². The summed E-state index contributed by atoms with van der Waals surface area (Å²) < 4.78 is 16.7. The zero-order chi connectivity index (χ0) is 17.2. The molecule has 2 unspecified atom stereocenters. The molecule has 0 saturated heterocycles. The van der Waals surface area contributed by atoms with Crippen LogP contribution >= 0.6 is 0 Å². The molecule has 0 radical (unpaired) electrons. The van der Waals surface area contributed by atoms with Crippen molar-refractivity contribution in [3.63, 3.8) is 0 Å². The Bertz CT molecular complexity index is 399. The zero-order valence-corrected chi connectivity index (χ0v) is 14.7. The van der Waals surface area contributed by atoms with Gasteiger partial charge in [-0.1, -0.05) is 13.2 Å². The summed E-state index contributed by atoms with van der Waals surface area (Å²) in [6.45, 7) is 10.6. The third-order valence-electron chi connectivity index (χ3n) is 2.88. The van der Waals surface area contributed by atoms with Crippen LogP contribution in [0.4, 0.5) is 0 Å². The molecule has 0 saturated carbocycles. The summed E-state index contributed by atoms with van der Waals surface area (Å²) in [5.41, 5.74) is 0. The van der Waals surface area contributed by atoms with Crippen LogP contribution in [0.1, 0.15) is 13.8 Å². The zero-order valence-electron chi connectivity index (χ0n) is 13.7. The van der Waals surface area contributed by atoms with E-state index in [1.165, 1.54) is 26.4 Å².